The van der Waals surface area contributed by atoms with Crippen LogP contribution in [0.15, 0.2) is 48.5 Å². The smallest absolute Gasteiger partial charge is 0.246 e. The Balaban J connectivity index is 1.21. The number of piperidine rings is 1. The van der Waals surface area contributed by atoms with E-state index in [1.165, 1.54) is 12.2 Å². The molecule has 2 fully saturated rings. The van der Waals surface area contributed by atoms with Crippen molar-refractivity contribution in [3.05, 3.63) is 71.6 Å². The van der Waals surface area contributed by atoms with E-state index in [1.807, 2.05) is 35.2 Å². The molecule has 2 heterocycles. The van der Waals surface area contributed by atoms with Crippen LogP contribution >= 0.6 is 0 Å². The number of rotatable bonds is 7. The normalized spacial score (nSPS) is 17.3. The Kier molecular flexibility index (Phi) is 7.78. The second-order valence-electron chi connectivity index (χ2n) is 9.25. The number of para-hydroxylation sites is 1. The van der Waals surface area contributed by atoms with Crippen molar-refractivity contribution in [1.82, 2.24) is 9.80 Å². The molecule has 0 aliphatic carbocycles. The summed E-state index contributed by atoms with van der Waals surface area (Å²) < 4.78 is 45.9. The molecule has 0 atom stereocenters. The van der Waals surface area contributed by atoms with Gasteiger partial charge in [-0.25, -0.2) is 13.2 Å². The lowest BCUT2D eigenvalue weighted by molar-refractivity contribution is -0.134. The Hall–Kier alpha value is -3.29. The molecule has 0 bridgehead atoms. The predicted octanol–water partition coefficient (Wildman–Crippen LogP) is 4.82. The Morgan fingerprint density at radius 3 is 2.31 bits per heavy atom. The highest BCUT2D eigenvalue weighted by molar-refractivity contribution is 5.92. The minimum absolute atomic E-state index is 0.0239. The van der Waals surface area contributed by atoms with Gasteiger partial charge in [-0.1, -0.05) is 18.2 Å². The minimum Gasteiger partial charge on any atom is -0.494 e. The van der Waals surface area contributed by atoms with E-state index in [1.54, 1.807) is 4.90 Å². The van der Waals surface area contributed by atoms with Crippen molar-refractivity contribution in [3.8, 4) is 5.75 Å². The van der Waals surface area contributed by atoms with E-state index in [0.717, 1.165) is 37.1 Å². The number of carbonyl (C=O) groups is 2. The van der Waals surface area contributed by atoms with Crippen molar-refractivity contribution in [1.29, 1.82) is 0 Å². The van der Waals surface area contributed by atoms with E-state index in [-0.39, 0.29) is 22.8 Å². The summed E-state index contributed by atoms with van der Waals surface area (Å²) >= 11 is 0. The van der Waals surface area contributed by atoms with Crippen LogP contribution in [0.25, 0.3) is 6.08 Å². The van der Waals surface area contributed by atoms with Crippen molar-refractivity contribution < 1.29 is 27.5 Å². The maximum Gasteiger partial charge on any atom is 0.246 e. The lowest BCUT2D eigenvalue weighted by Crippen LogP contribution is -2.44. The van der Waals surface area contributed by atoms with Gasteiger partial charge in [0.25, 0.3) is 0 Å². The third-order valence-electron chi connectivity index (χ3n) is 6.94. The third-order valence-corrected chi connectivity index (χ3v) is 6.94. The molecule has 1 spiro atoms. The average molecular weight is 487 g/mol. The van der Waals surface area contributed by atoms with Crippen LogP contribution in [0.4, 0.5) is 13.2 Å². The SMILES string of the molecule is O=C(/C=C/c1ccc(F)c(F)c1F)N1CCC2(CCN(C(=O)CCCOc3ccccc3)CC2)C1. The van der Waals surface area contributed by atoms with Gasteiger partial charge in [0.15, 0.2) is 17.5 Å². The molecule has 0 unspecified atom stereocenters. The van der Waals surface area contributed by atoms with Crippen LogP contribution in [-0.2, 0) is 9.59 Å². The molecule has 0 N–H and O–H groups in total. The summed E-state index contributed by atoms with van der Waals surface area (Å²) in [6.45, 7) is 2.97. The number of hydrogen-bond donors (Lipinski definition) is 0. The zero-order chi connectivity index (χ0) is 24.8. The first-order valence-corrected chi connectivity index (χ1v) is 11.9. The van der Waals surface area contributed by atoms with Gasteiger partial charge in [-0.05, 0) is 61.4 Å². The standard InChI is InChI=1S/C27H29F3N2O3/c28-22-10-8-20(25(29)26(22)30)9-11-24(34)32-17-14-27(19-32)12-15-31(16-13-27)23(33)7-4-18-35-21-5-2-1-3-6-21/h1-3,5-6,8-11H,4,7,12-19H2/b11-9+. The highest BCUT2D eigenvalue weighted by atomic mass is 19.2. The van der Waals surface area contributed by atoms with E-state index in [9.17, 15) is 22.8 Å². The lowest BCUT2D eigenvalue weighted by atomic mass is 9.77. The van der Waals surface area contributed by atoms with E-state index < -0.39 is 17.5 Å². The third kappa shape index (κ3) is 6.05. The predicted molar refractivity (Wildman–Crippen MR) is 126 cm³/mol. The van der Waals surface area contributed by atoms with Gasteiger partial charge in [0.05, 0.1) is 6.61 Å². The van der Waals surface area contributed by atoms with Crippen LogP contribution < -0.4 is 4.74 Å². The molecule has 0 radical (unpaired) electrons. The van der Waals surface area contributed by atoms with Crippen molar-refractivity contribution in [2.75, 3.05) is 32.8 Å². The molecule has 2 aromatic rings. The molecule has 8 heteroatoms. The van der Waals surface area contributed by atoms with Crippen molar-refractivity contribution in [3.63, 3.8) is 0 Å². The van der Waals surface area contributed by atoms with E-state index in [4.69, 9.17) is 4.74 Å². The number of carbonyl (C=O) groups excluding carboxylic acids is 2. The van der Waals surface area contributed by atoms with Gasteiger partial charge in [0.1, 0.15) is 5.75 Å². The van der Waals surface area contributed by atoms with Gasteiger partial charge in [0, 0.05) is 44.2 Å². The molecular formula is C27H29F3N2O3. The number of halogens is 3. The molecule has 35 heavy (non-hydrogen) atoms. The molecule has 2 aliphatic rings. The lowest BCUT2D eigenvalue weighted by Gasteiger charge is -2.39. The fourth-order valence-corrected chi connectivity index (χ4v) is 4.79. The Labute approximate surface area is 203 Å². The fourth-order valence-electron chi connectivity index (χ4n) is 4.79. The topological polar surface area (TPSA) is 49.9 Å². The second kappa shape index (κ2) is 11.0. The molecular weight excluding hydrogens is 457 g/mol. The summed E-state index contributed by atoms with van der Waals surface area (Å²) in [6, 6.07) is 11.4. The van der Waals surface area contributed by atoms with E-state index >= 15 is 0 Å². The molecule has 5 nitrogen and oxygen atoms in total. The van der Waals surface area contributed by atoms with Crippen molar-refractivity contribution >= 4 is 17.9 Å². The van der Waals surface area contributed by atoms with E-state index in [2.05, 4.69) is 0 Å². The van der Waals surface area contributed by atoms with Crippen LogP contribution in [0.5, 0.6) is 5.75 Å². The molecule has 0 saturated carbocycles. The van der Waals surface area contributed by atoms with Crippen molar-refractivity contribution in [2.24, 2.45) is 5.41 Å². The van der Waals surface area contributed by atoms with Gasteiger partial charge in [-0.15, -0.1) is 0 Å². The number of benzene rings is 2. The number of ether oxygens (including phenoxy) is 1. The van der Waals surface area contributed by atoms with Crippen LogP contribution in [0.1, 0.15) is 37.7 Å². The zero-order valence-electron chi connectivity index (χ0n) is 19.5. The van der Waals surface area contributed by atoms with Crippen LogP contribution in [0.2, 0.25) is 0 Å². The van der Waals surface area contributed by atoms with Gasteiger partial charge in [-0.3, -0.25) is 9.59 Å². The number of amides is 2. The zero-order valence-corrected chi connectivity index (χ0v) is 19.5. The largest absolute Gasteiger partial charge is 0.494 e. The summed E-state index contributed by atoms with van der Waals surface area (Å²) in [4.78, 5) is 28.8. The molecule has 2 amide bonds. The minimum atomic E-state index is -1.55. The summed E-state index contributed by atoms with van der Waals surface area (Å²) in [5.41, 5.74) is -0.198. The van der Waals surface area contributed by atoms with Crippen LogP contribution in [0.3, 0.4) is 0 Å². The molecule has 4 rings (SSSR count). The average Bonchev–Trinajstić information content (AvgIpc) is 3.29. The first-order valence-electron chi connectivity index (χ1n) is 11.9. The fraction of sp³-hybridized carbons (Fsp3) is 0.407. The highest BCUT2D eigenvalue weighted by Crippen LogP contribution is 2.40. The molecule has 2 aromatic carbocycles. The molecule has 0 aromatic heterocycles. The summed E-state index contributed by atoms with van der Waals surface area (Å²) in [7, 11) is 0. The number of hydrogen-bond acceptors (Lipinski definition) is 3. The Morgan fingerprint density at radius 1 is 0.914 bits per heavy atom. The number of likely N-dealkylation sites (tertiary alicyclic amines) is 2. The van der Waals surface area contributed by atoms with E-state index in [0.29, 0.717) is 45.6 Å². The monoisotopic (exact) mass is 486 g/mol. The summed E-state index contributed by atoms with van der Waals surface area (Å²) in [5.74, 6) is -3.50. The quantitative estimate of drug-likeness (QED) is 0.320. The molecule has 2 saturated heterocycles. The second-order valence-corrected chi connectivity index (χ2v) is 9.25. The Morgan fingerprint density at radius 2 is 1.60 bits per heavy atom. The van der Waals surface area contributed by atoms with Crippen molar-refractivity contribution in [2.45, 2.75) is 32.1 Å². The maximum absolute atomic E-state index is 13.8. The highest BCUT2D eigenvalue weighted by Gasteiger charge is 2.42. The first kappa shape index (κ1) is 24.8. The van der Waals surface area contributed by atoms with Gasteiger partial charge < -0.3 is 14.5 Å². The van der Waals surface area contributed by atoms with Crippen LogP contribution in [-0.4, -0.2) is 54.4 Å². The maximum atomic E-state index is 13.8. The van der Waals surface area contributed by atoms with Gasteiger partial charge in [0.2, 0.25) is 11.8 Å². The Bertz CT molecular complexity index is 1080. The van der Waals surface area contributed by atoms with Gasteiger partial charge in [-0.2, -0.15) is 0 Å². The first-order chi connectivity index (χ1) is 16.9. The summed E-state index contributed by atoms with van der Waals surface area (Å²) in [5, 5.41) is 0. The van der Waals surface area contributed by atoms with Crippen LogP contribution in [0, 0.1) is 22.9 Å². The van der Waals surface area contributed by atoms with Gasteiger partial charge >= 0.3 is 0 Å². The number of nitrogens with zero attached hydrogens (tertiary/aromatic N) is 2. The molecule has 186 valence electrons. The summed E-state index contributed by atoms with van der Waals surface area (Å²) in [6.07, 6.45) is 5.96. The molecule has 2 aliphatic heterocycles.